The molecule has 0 aromatic heterocycles. The Balaban J connectivity index is 1.54. The third-order valence-corrected chi connectivity index (χ3v) is 4.84. The van der Waals surface area contributed by atoms with E-state index in [4.69, 9.17) is 14.2 Å². The molecule has 0 saturated heterocycles. The van der Waals surface area contributed by atoms with Crippen molar-refractivity contribution in [1.29, 1.82) is 0 Å². The fourth-order valence-corrected chi connectivity index (χ4v) is 3.35. The predicted octanol–water partition coefficient (Wildman–Crippen LogP) is 5.15. The largest absolute Gasteiger partial charge is 0.497 e. The highest BCUT2D eigenvalue weighted by Crippen LogP contribution is 2.47. The van der Waals surface area contributed by atoms with Crippen LogP contribution >= 0.6 is 0 Å². The number of hydrogen-bond donors (Lipinski definition) is 0. The summed E-state index contributed by atoms with van der Waals surface area (Å²) < 4.78 is 16.9. The van der Waals surface area contributed by atoms with Gasteiger partial charge in [0.05, 0.1) is 12.7 Å². The molecule has 3 aromatic carbocycles. The SMILES string of the molecule is COc1ccc([C@@H]2Oc3ccc(OC(=O)c4ccccc4)cc3[C@H]2C)cc1. The summed E-state index contributed by atoms with van der Waals surface area (Å²) in [6.45, 7) is 2.11. The van der Waals surface area contributed by atoms with Crippen LogP contribution < -0.4 is 14.2 Å². The van der Waals surface area contributed by atoms with E-state index in [0.29, 0.717) is 11.3 Å². The second kappa shape index (κ2) is 7.16. The number of rotatable bonds is 4. The molecule has 136 valence electrons. The Morgan fingerprint density at radius 3 is 2.33 bits per heavy atom. The summed E-state index contributed by atoms with van der Waals surface area (Å²) >= 11 is 0. The fourth-order valence-electron chi connectivity index (χ4n) is 3.35. The average Bonchev–Trinajstić information content (AvgIpc) is 3.05. The molecule has 4 rings (SSSR count). The molecule has 0 amide bonds. The molecule has 0 unspecified atom stereocenters. The van der Waals surface area contributed by atoms with Crippen LogP contribution in [0.15, 0.2) is 72.8 Å². The second-order valence-corrected chi connectivity index (χ2v) is 6.56. The highest BCUT2D eigenvalue weighted by molar-refractivity contribution is 5.91. The molecule has 1 heterocycles. The van der Waals surface area contributed by atoms with Crippen molar-refractivity contribution in [3.63, 3.8) is 0 Å². The van der Waals surface area contributed by atoms with Gasteiger partial charge in [0.25, 0.3) is 0 Å². The molecule has 0 radical (unpaired) electrons. The van der Waals surface area contributed by atoms with Crippen molar-refractivity contribution in [3.8, 4) is 17.2 Å². The Bertz CT molecular complexity index is 948. The lowest BCUT2D eigenvalue weighted by atomic mass is 9.93. The van der Waals surface area contributed by atoms with Crippen molar-refractivity contribution in [2.24, 2.45) is 0 Å². The van der Waals surface area contributed by atoms with Gasteiger partial charge in [0.15, 0.2) is 0 Å². The van der Waals surface area contributed by atoms with Gasteiger partial charge in [-0.3, -0.25) is 0 Å². The summed E-state index contributed by atoms with van der Waals surface area (Å²) in [4.78, 5) is 12.3. The molecule has 4 heteroatoms. The van der Waals surface area contributed by atoms with E-state index in [0.717, 1.165) is 22.6 Å². The van der Waals surface area contributed by atoms with E-state index in [1.54, 1.807) is 25.3 Å². The zero-order chi connectivity index (χ0) is 18.8. The van der Waals surface area contributed by atoms with Crippen LogP contribution in [-0.4, -0.2) is 13.1 Å². The minimum atomic E-state index is -0.367. The normalized spacial score (nSPS) is 17.7. The molecule has 2 atom stereocenters. The Kier molecular flexibility index (Phi) is 4.55. The second-order valence-electron chi connectivity index (χ2n) is 6.56. The van der Waals surface area contributed by atoms with Gasteiger partial charge < -0.3 is 14.2 Å². The van der Waals surface area contributed by atoms with Crippen molar-refractivity contribution in [3.05, 3.63) is 89.5 Å². The number of benzene rings is 3. The van der Waals surface area contributed by atoms with Gasteiger partial charge in [-0.05, 0) is 48.0 Å². The molecule has 3 aromatic rings. The maximum Gasteiger partial charge on any atom is 0.343 e. The number of esters is 1. The quantitative estimate of drug-likeness (QED) is 0.477. The van der Waals surface area contributed by atoms with Crippen molar-refractivity contribution >= 4 is 5.97 Å². The number of methoxy groups -OCH3 is 1. The van der Waals surface area contributed by atoms with Crippen LogP contribution in [0.25, 0.3) is 0 Å². The van der Waals surface area contributed by atoms with Gasteiger partial charge in [-0.15, -0.1) is 0 Å². The number of hydrogen-bond acceptors (Lipinski definition) is 4. The molecule has 0 N–H and O–H groups in total. The fraction of sp³-hybridized carbons (Fsp3) is 0.174. The van der Waals surface area contributed by atoms with Gasteiger partial charge in [0.1, 0.15) is 23.4 Å². The van der Waals surface area contributed by atoms with Gasteiger partial charge in [0.2, 0.25) is 0 Å². The minimum Gasteiger partial charge on any atom is -0.497 e. The average molecular weight is 360 g/mol. The Hall–Kier alpha value is -3.27. The van der Waals surface area contributed by atoms with Crippen molar-refractivity contribution < 1.29 is 19.0 Å². The zero-order valence-corrected chi connectivity index (χ0v) is 15.2. The third kappa shape index (κ3) is 3.38. The minimum absolute atomic E-state index is 0.0778. The summed E-state index contributed by atoms with van der Waals surface area (Å²) in [5, 5.41) is 0. The third-order valence-electron chi connectivity index (χ3n) is 4.84. The Morgan fingerprint density at radius 1 is 0.926 bits per heavy atom. The maximum atomic E-state index is 12.3. The molecule has 0 spiro atoms. The van der Waals surface area contributed by atoms with Crippen LogP contribution in [0, 0.1) is 0 Å². The molecule has 0 bridgehead atoms. The predicted molar refractivity (Wildman–Crippen MR) is 103 cm³/mol. The summed E-state index contributed by atoms with van der Waals surface area (Å²) in [5.41, 5.74) is 2.65. The summed E-state index contributed by atoms with van der Waals surface area (Å²) in [7, 11) is 1.65. The highest BCUT2D eigenvalue weighted by Gasteiger charge is 2.32. The number of carbonyl (C=O) groups excluding carboxylic acids is 1. The molecule has 4 nitrogen and oxygen atoms in total. The van der Waals surface area contributed by atoms with Gasteiger partial charge in [-0.1, -0.05) is 37.3 Å². The van der Waals surface area contributed by atoms with Gasteiger partial charge in [-0.25, -0.2) is 4.79 Å². The molecule has 1 aliphatic rings. The van der Waals surface area contributed by atoms with Gasteiger partial charge in [0, 0.05) is 11.5 Å². The summed E-state index contributed by atoms with van der Waals surface area (Å²) in [6.07, 6.45) is -0.0778. The summed E-state index contributed by atoms with van der Waals surface area (Å²) in [6, 6.07) is 22.4. The molecular weight excluding hydrogens is 340 g/mol. The van der Waals surface area contributed by atoms with Crippen molar-refractivity contribution in [1.82, 2.24) is 0 Å². The van der Waals surface area contributed by atoms with Crippen LogP contribution in [-0.2, 0) is 0 Å². The topological polar surface area (TPSA) is 44.8 Å². The zero-order valence-electron chi connectivity index (χ0n) is 15.2. The molecule has 0 saturated carbocycles. The number of fused-ring (bicyclic) bond motifs is 1. The maximum absolute atomic E-state index is 12.3. The number of ether oxygens (including phenoxy) is 3. The van der Waals surface area contributed by atoms with Crippen LogP contribution in [0.5, 0.6) is 17.2 Å². The molecule has 0 aliphatic carbocycles. The highest BCUT2D eigenvalue weighted by atomic mass is 16.5. The Morgan fingerprint density at radius 2 is 1.63 bits per heavy atom. The molecule has 1 aliphatic heterocycles. The van der Waals surface area contributed by atoms with E-state index in [-0.39, 0.29) is 18.0 Å². The van der Waals surface area contributed by atoms with Crippen molar-refractivity contribution in [2.45, 2.75) is 18.9 Å². The van der Waals surface area contributed by atoms with Crippen LogP contribution in [0.3, 0.4) is 0 Å². The lowest BCUT2D eigenvalue weighted by Gasteiger charge is -2.16. The van der Waals surface area contributed by atoms with Crippen LogP contribution in [0.4, 0.5) is 0 Å². The molecule has 27 heavy (non-hydrogen) atoms. The van der Waals surface area contributed by atoms with E-state index >= 15 is 0 Å². The van der Waals surface area contributed by atoms with E-state index < -0.39 is 0 Å². The molecular formula is C23H20O4. The lowest BCUT2D eigenvalue weighted by molar-refractivity contribution is 0.0734. The first-order valence-electron chi connectivity index (χ1n) is 8.87. The summed E-state index contributed by atoms with van der Waals surface area (Å²) in [5.74, 6) is 1.94. The van der Waals surface area contributed by atoms with Crippen molar-refractivity contribution in [2.75, 3.05) is 7.11 Å². The van der Waals surface area contributed by atoms with Crippen LogP contribution in [0.2, 0.25) is 0 Å². The first-order valence-corrected chi connectivity index (χ1v) is 8.87. The van der Waals surface area contributed by atoms with E-state index in [9.17, 15) is 4.79 Å². The van der Waals surface area contributed by atoms with Gasteiger partial charge in [-0.2, -0.15) is 0 Å². The lowest BCUT2D eigenvalue weighted by Crippen LogP contribution is -2.08. The smallest absolute Gasteiger partial charge is 0.343 e. The van der Waals surface area contributed by atoms with Gasteiger partial charge >= 0.3 is 5.97 Å². The standard InChI is InChI=1S/C23H20O4/c1-15-20-14-19(26-23(24)17-6-4-3-5-7-17)12-13-21(20)27-22(15)16-8-10-18(25-2)11-9-16/h3-15,22H,1-2H3/t15-,22-/m1/s1. The van der Waals surface area contributed by atoms with E-state index in [1.165, 1.54) is 0 Å². The first-order chi connectivity index (χ1) is 13.2. The monoisotopic (exact) mass is 360 g/mol. The first kappa shape index (κ1) is 17.2. The number of carbonyl (C=O) groups is 1. The van der Waals surface area contributed by atoms with E-state index in [1.807, 2.05) is 54.6 Å². The Labute approximate surface area is 158 Å². The van der Waals surface area contributed by atoms with E-state index in [2.05, 4.69) is 6.92 Å². The van der Waals surface area contributed by atoms with Crippen LogP contribution in [0.1, 0.15) is 40.4 Å². The molecule has 0 fully saturated rings.